The lowest BCUT2D eigenvalue weighted by molar-refractivity contribution is 0.105. The van der Waals surface area contributed by atoms with Gasteiger partial charge in [-0.2, -0.15) is 0 Å². The van der Waals surface area contributed by atoms with E-state index in [9.17, 15) is 5.11 Å². The van der Waals surface area contributed by atoms with Crippen molar-refractivity contribution in [3.05, 3.63) is 56.8 Å². The van der Waals surface area contributed by atoms with Crippen LogP contribution in [0, 0.1) is 6.92 Å². The summed E-state index contributed by atoms with van der Waals surface area (Å²) in [5.41, 5.74) is 4.23. The summed E-state index contributed by atoms with van der Waals surface area (Å²) >= 11 is 1.64. The molecule has 0 amide bonds. The van der Waals surface area contributed by atoms with Crippen molar-refractivity contribution in [1.82, 2.24) is 0 Å². The van der Waals surface area contributed by atoms with Crippen molar-refractivity contribution in [3.63, 3.8) is 0 Å². The second kappa shape index (κ2) is 4.77. The second-order valence-electron chi connectivity index (χ2n) is 5.70. The lowest BCUT2D eigenvalue weighted by atomic mass is 9.85. The molecular weight excluding hydrogens is 252 g/mol. The normalized spacial score (nSPS) is 17.8. The highest BCUT2D eigenvalue weighted by molar-refractivity contribution is 7.10. The summed E-state index contributed by atoms with van der Waals surface area (Å²) in [5, 5.41) is 13.0. The SMILES string of the molecule is Cc1ccsc1C(C)(O)c1ccc2c(c1)CCCC2. The molecule has 1 aromatic heterocycles. The highest BCUT2D eigenvalue weighted by atomic mass is 32.1. The van der Waals surface area contributed by atoms with Gasteiger partial charge >= 0.3 is 0 Å². The predicted octanol–water partition coefficient (Wildman–Crippen LogP) is 4.19. The quantitative estimate of drug-likeness (QED) is 0.869. The maximum atomic E-state index is 10.9. The smallest absolute Gasteiger partial charge is 0.121 e. The molecule has 1 unspecified atom stereocenters. The number of benzene rings is 1. The molecule has 1 aliphatic rings. The summed E-state index contributed by atoms with van der Waals surface area (Å²) in [6, 6.07) is 8.60. The molecule has 2 aromatic rings. The van der Waals surface area contributed by atoms with Crippen LogP contribution in [-0.2, 0) is 18.4 Å². The van der Waals surface area contributed by atoms with Gasteiger partial charge in [0.15, 0.2) is 0 Å². The van der Waals surface area contributed by atoms with E-state index in [-0.39, 0.29) is 0 Å². The van der Waals surface area contributed by atoms with Gasteiger partial charge in [-0.15, -0.1) is 11.3 Å². The molecule has 2 heteroatoms. The van der Waals surface area contributed by atoms with Gasteiger partial charge in [0.2, 0.25) is 0 Å². The Hall–Kier alpha value is -1.12. The maximum Gasteiger partial charge on any atom is 0.121 e. The Morgan fingerprint density at radius 2 is 1.84 bits per heavy atom. The van der Waals surface area contributed by atoms with Crippen LogP contribution in [0.25, 0.3) is 0 Å². The third-order valence-electron chi connectivity index (χ3n) is 4.21. The molecule has 0 aliphatic heterocycles. The van der Waals surface area contributed by atoms with E-state index in [1.165, 1.54) is 36.0 Å². The molecule has 0 spiro atoms. The van der Waals surface area contributed by atoms with Gasteiger partial charge in [-0.25, -0.2) is 0 Å². The number of fused-ring (bicyclic) bond motifs is 1. The molecule has 100 valence electrons. The van der Waals surface area contributed by atoms with Crippen molar-refractivity contribution in [3.8, 4) is 0 Å². The molecule has 0 saturated heterocycles. The Kier molecular flexibility index (Phi) is 3.23. The maximum absolute atomic E-state index is 10.9. The highest BCUT2D eigenvalue weighted by Crippen LogP contribution is 2.36. The third-order valence-corrected chi connectivity index (χ3v) is 5.44. The predicted molar refractivity (Wildman–Crippen MR) is 80.8 cm³/mol. The number of rotatable bonds is 2. The first-order valence-corrected chi connectivity index (χ1v) is 7.86. The van der Waals surface area contributed by atoms with Crippen molar-refractivity contribution in [1.29, 1.82) is 0 Å². The summed E-state index contributed by atoms with van der Waals surface area (Å²) in [6.07, 6.45) is 4.92. The molecule has 1 atom stereocenters. The van der Waals surface area contributed by atoms with Crippen LogP contribution in [0.4, 0.5) is 0 Å². The first kappa shape index (κ1) is 12.9. The van der Waals surface area contributed by atoms with Crippen LogP contribution in [0.3, 0.4) is 0 Å². The summed E-state index contributed by atoms with van der Waals surface area (Å²) in [5.74, 6) is 0. The molecule has 0 radical (unpaired) electrons. The topological polar surface area (TPSA) is 20.2 Å². The van der Waals surface area contributed by atoms with Gasteiger partial charge in [-0.1, -0.05) is 18.2 Å². The molecule has 0 saturated carbocycles. The summed E-state index contributed by atoms with van der Waals surface area (Å²) < 4.78 is 0. The minimum absolute atomic E-state index is 0.870. The lowest BCUT2D eigenvalue weighted by Gasteiger charge is -2.26. The van der Waals surface area contributed by atoms with Gasteiger partial charge in [0, 0.05) is 4.88 Å². The minimum atomic E-state index is -0.870. The van der Waals surface area contributed by atoms with Crippen LogP contribution < -0.4 is 0 Å². The van der Waals surface area contributed by atoms with E-state index in [1.54, 1.807) is 11.3 Å². The Morgan fingerprint density at radius 1 is 1.11 bits per heavy atom. The molecule has 1 heterocycles. The summed E-state index contributed by atoms with van der Waals surface area (Å²) in [6.45, 7) is 3.98. The zero-order chi connectivity index (χ0) is 13.5. The zero-order valence-electron chi connectivity index (χ0n) is 11.6. The number of hydrogen-bond donors (Lipinski definition) is 1. The number of aliphatic hydroxyl groups is 1. The van der Waals surface area contributed by atoms with Crippen molar-refractivity contribution in [2.75, 3.05) is 0 Å². The third kappa shape index (κ3) is 2.24. The number of aryl methyl sites for hydroxylation is 3. The molecule has 1 N–H and O–H groups in total. The Morgan fingerprint density at radius 3 is 2.53 bits per heavy atom. The Labute approximate surface area is 118 Å². The van der Waals surface area contributed by atoms with E-state index in [4.69, 9.17) is 0 Å². The molecule has 0 fully saturated rings. The fourth-order valence-corrected chi connectivity index (χ4v) is 4.05. The van der Waals surface area contributed by atoms with E-state index in [0.717, 1.165) is 16.9 Å². The van der Waals surface area contributed by atoms with E-state index in [0.29, 0.717) is 0 Å². The van der Waals surface area contributed by atoms with Crippen LogP contribution in [-0.4, -0.2) is 5.11 Å². The van der Waals surface area contributed by atoms with E-state index in [1.807, 2.05) is 6.92 Å². The molecule has 19 heavy (non-hydrogen) atoms. The average molecular weight is 272 g/mol. The van der Waals surface area contributed by atoms with Crippen molar-refractivity contribution >= 4 is 11.3 Å². The van der Waals surface area contributed by atoms with Gasteiger partial charge in [-0.05, 0) is 73.2 Å². The minimum Gasteiger partial charge on any atom is -0.380 e. The van der Waals surface area contributed by atoms with Gasteiger partial charge in [0.1, 0.15) is 5.60 Å². The lowest BCUT2D eigenvalue weighted by Crippen LogP contribution is -2.23. The summed E-state index contributed by atoms with van der Waals surface area (Å²) in [4.78, 5) is 1.06. The van der Waals surface area contributed by atoms with Crippen LogP contribution >= 0.6 is 11.3 Å². The molecular formula is C17H20OS. The average Bonchev–Trinajstić information content (AvgIpc) is 2.85. The highest BCUT2D eigenvalue weighted by Gasteiger charge is 2.29. The molecule has 0 bridgehead atoms. The van der Waals surface area contributed by atoms with Crippen molar-refractivity contribution < 1.29 is 5.11 Å². The van der Waals surface area contributed by atoms with Crippen molar-refractivity contribution in [2.24, 2.45) is 0 Å². The second-order valence-corrected chi connectivity index (χ2v) is 6.61. The van der Waals surface area contributed by atoms with Crippen LogP contribution in [0.15, 0.2) is 29.6 Å². The first-order valence-electron chi connectivity index (χ1n) is 6.98. The van der Waals surface area contributed by atoms with Gasteiger partial charge in [-0.3, -0.25) is 0 Å². The van der Waals surface area contributed by atoms with Gasteiger partial charge in [0.05, 0.1) is 0 Å². The molecule has 1 aromatic carbocycles. The van der Waals surface area contributed by atoms with Gasteiger partial charge in [0.25, 0.3) is 0 Å². The fourth-order valence-electron chi connectivity index (χ4n) is 3.04. The van der Waals surface area contributed by atoms with Crippen LogP contribution in [0.5, 0.6) is 0 Å². The van der Waals surface area contributed by atoms with Crippen molar-refractivity contribution in [2.45, 2.75) is 45.1 Å². The monoisotopic (exact) mass is 272 g/mol. The van der Waals surface area contributed by atoms with Gasteiger partial charge < -0.3 is 5.11 Å². The number of hydrogen-bond acceptors (Lipinski definition) is 2. The molecule has 1 nitrogen and oxygen atoms in total. The fraction of sp³-hybridized carbons (Fsp3) is 0.412. The Balaban J connectivity index is 2.04. The van der Waals surface area contributed by atoms with E-state index < -0.39 is 5.60 Å². The van der Waals surface area contributed by atoms with Crippen LogP contribution in [0.2, 0.25) is 0 Å². The largest absolute Gasteiger partial charge is 0.380 e. The van der Waals surface area contributed by atoms with E-state index in [2.05, 4.69) is 36.6 Å². The first-order chi connectivity index (χ1) is 9.09. The zero-order valence-corrected chi connectivity index (χ0v) is 12.4. The molecule has 1 aliphatic carbocycles. The van der Waals surface area contributed by atoms with Crippen LogP contribution in [0.1, 0.15) is 46.9 Å². The van der Waals surface area contributed by atoms with E-state index >= 15 is 0 Å². The number of thiophene rings is 1. The molecule has 3 rings (SSSR count). The standard InChI is InChI=1S/C17H20OS/c1-12-9-10-19-16(12)17(2,18)15-8-7-13-5-3-4-6-14(13)11-15/h7-11,18H,3-6H2,1-2H3. The summed E-state index contributed by atoms with van der Waals surface area (Å²) in [7, 11) is 0. The Bertz CT molecular complexity index is 595.